The highest BCUT2D eigenvalue weighted by atomic mass is 16.2. The van der Waals surface area contributed by atoms with E-state index in [1.807, 2.05) is 6.20 Å². The molecule has 0 bridgehead atoms. The molecule has 4 rings (SSSR count). The molecular weight excluding hydrogens is 286 g/mol. The zero-order valence-electron chi connectivity index (χ0n) is 14.3. The van der Waals surface area contributed by atoms with Crippen molar-refractivity contribution in [1.82, 2.24) is 14.5 Å². The van der Waals surface area contributed by atoms with E-state index in [1.54, 1.807) is 0 Å². The van der Waals surface area contributed by atoms with Crippen LogP contribution in [-0.4, -0.2) is 33.4 Å². The third-order valence-corrected chi connectivity index (χ3v) is 5.99. The monoisotopic (exact) mass is 315 g/mol. The molecule has 1 saturated heterocycles. The Labute approximate surface area is 139 Å². The van der Waals surface area contributed by atoms with Gasteiger partial charge < -0.3 is 9.47 Å². The summed E-state index contributed by atoms with van der Waals surface area (Å²) in [5.41, 5.74) is 1.30. The van der Waals surface area contributed by atoms with Crippen LogP contribution in [0, 0.1) is 18.8 Å². The second kappa shape index (κ2) is 6.29. The first-order valence-electron chi connectivity index (χ1n) is 9.54. The van der Waals surface area contributed by atoms with E-state index < -0.39 is 0 Å². The summed E-state index contributed by atoms with van der Waals surface area (Å²) in [6.07, 6.45) is 12.9. The molecule has 4 nitrogen and oxygen atoms in total. The molecule has 1 aromatic heterocycles. The zero-order chi connectivity index (χ0) is 15.8. The molecule has 3 fully saturated rings. The highest BCUT2D eigenvalue weighted by Crippen LogP contribution is 2.38. The van der Waals surface area contributed by atoms with Crippen molar-refractivity contribution >= 4 is 5.91 Å². The summed E-state index contributed by atoms with van der Waals surface area (Å²) < 4.78 is 2.45. The number of carbonyl (C=O) groups excluding carboxylic acids is 1. The fourth-order valence-corrected chi connectivity index (χ4v) is 4.54. The molecule has 126 valence electrons. The van der Waals surface area contributed by atoms with Gasteiger partial charge >= 0.3 is 0 Å². The van der Waals surface area contributed by atoms with Gasteiger partial charge in [-0.3, -0.25) is 4.79 Å². The molecule has 0 N–H and O–H groups in total. The molecule has 23 heavy (non-hydrogen) atoms. The largest absolute Gasteiger partial charge is 0.342 e. The minimum Gasteiger partial charge on any atom is -0.342 e. The molecule has 4 heteroatoms. The zero-order valence-corrected chi connectivity index (χ0v) is 14.3. The lowest BCUT2D eigenvalue weighted by atomic mass is 9.88. The van der Waals surface area contributed by atoms with Crippen molar-refractivity contribution in [3.05, 3.63) is 17.7 Å². The average molecular weight is 315 g/mol. The number of imidazole rings is 1. The Bertz CT molecular complexity index is 569. The van der Waals surface area contributed by atoms with E-state index >= 15 is 0 Å². The van der Waals surface area contributed by atoms with E-state index in [1.165, 1.54) is 43.6 Å². The summed E-state index contributed by atoms with van der Waals surface area (Å²) in [6, 6.07) is 0.703. The second-order valence-corrected chi connectivity index (χ2v) is 7.89. The smallest absolute Gasteiger partial charge is 0.225 e. The first-order chi connectivity index (χ1) is 11.2. The van der Waals surface area contributed by atoms with E-state index in [0.717, 1.165) is 38.8 Å². The molecule has 2 saturated carbocycles. The van der Waals surface area contributed by atoms with Gasteiger partial charge in [0, 0.05) is 43.4 Å². The summed E-state index contributed by atoms with van der Waals surface area (Å²) >= 11 is 0. The SMILES string of the molecule is Cc1cnc(CC2CCN(C(=O)C3CCCCC3)C2)n1C1CC1. The van der Waals surface area contributed by atoms with Crippen LogP contribution in [0.1, 0.15) is 68.9 Å². The lowest BCUT2D eigenvalue weighted by molar-refractivity contribution is -0.135. The second-order valence-electron chi connectivity index (χ2n) is 7.89. The van der Waals surface area contributed by atoms with Gasteiger partial charge in [-0.15, -0.1) is 0 Å². The maximum absolute atomic E-state index is 12.7. The minimum atomic E-state index is 0.318. The number of rotatable bonds is 4. The normalized spacial score (nSPS) is 26.0. The predicted molar refractivity (Wildman–Crippen MR) is 90.2 cm³/mol. The van der Waals surface area contributed by atoms with Crippen LogP contribution in [0.2, 0.25) is 0 Å². The van der Waals surface area contributed by atoms with Crippen molar-refractivity contribution in [2.75, 3.05) is 13.1 Å². The number of hydrogen-bond donors (Lipinski definition) is 0. The third-order valence-electron chi connectivity index (χ3n) is 5.99. The number of aromatic nitrogens is 2. The summed E-state index contributed by atoms with van der Waals surface area (Å²) in [5.74, 6) is 2.61. The van der Waals surface area contributed by atoms with Crippen LogP contribution in [0.5, 0.6) is 0 Å². The number of nitrogens with zero attached hydrogens (tertiary/aromatic N) is 3. The van der Waals surface area contributed by atoms with Crippen molar-refractivity contribution in [2.24, 2.45) is 11.8 Å². The summed E-state index contributed by atoms with van der Waals surface area (Å²) in [4.78, 5) is 19.5. The fourth-order valence-electron chi connectivity index (χ4n) is 4.54. The van der Waals surface area contributed by atoms with Crippen molar-refractivity contribution in [3.8, 4) is 0 Å². The van der Waals surface area contributed by atoms with E-state index in [-0.39, 0.29) is 0 Å². The molecule has 1 aromatic rings. The molecule has 3 aliphatic rings. The van der Waals surface area contributed by atoms with E-state index in [4.69, 9.17) is 0 Å². The van der Waals surface area contributed by atoms with E-state index in [9.17, 15) is 4.79 Å². The predicted octanol–water partition coefficient (Wildman–Crippen LogP) is 3.50. The van der Waals surface area contributed by atoms with Gasteiger partial charge in [-0.1, -0.05) is 19.3 Å². The van der Waals surface area contributed by atoms with Crippen LogP contribution >= 0.6 is 0 Å². The highest BCUT2D eigenvalue weighted by molar-refractivity contribution is 5.79. The van der Waals surface area contributed by atoms with Crippen LogP contribution in [-0.2, 0) is 11.2 Å². The Balaban J connectivity index is 1.36. The van der Waals surface area contributed by atoms with Gasteiger partial charge in [-0.25, -0.2) is 4.98 Å². The number of hydrogen-bond acceptors (Lipinski definition) is 2. The first-order valence-corrected chi connectivity index (χ1v) is 9.54. The van der Waals surface area contributed by atoms with Crippen molar-refractivity contribution in [1.29, 1.82) is 0 Å². The maximum Gasteiger partial charge on any atom is 0.225 e. The fraction of sp³-hybridized carbons (Fsp3) is 0.789. The Morgan fingerprint density at radius 3 is 2.70 bits per heavy atom. The third kappa shape index (κ3) is 3.17. The minimum absolute atomic E-state index is 0.318. The van der Waals surface area contributed by atoms with Crippen molar-refractivity contribution in [3.63, 3.8) is 0 Å². The molecule has 0 spiro atoms. The van der Waals surface area contributed by atoms with Crippen LogP contribution < -0.4 is 0 Å². The topological polar surface area (TPSA) is 38.1 Å². The standard InChI is InChI=1S/C19H29N3O/c1-14-12-20-18(22(14)17-7-8-17)11-15-9-10-21(13-15)19(23)16-5-3-2-4-6-16/h12,15-17H,2-11,13H2,1H3. The van der Waals surface area contributed by atoms with Crippen molar-refractivity contribution in [2.45, 2.75) is 70.8 Å². The van der Waals surface area contributed by atoms with E-state index in [2.05, 4.69) is 21.4 Å². The number of amides is 1. The number of carbonyl (C=O) groups is 1. The summed E-state index contributed by atoms with van der Waals surface area (Å²) in [7, 11) is 0. The van der Waals surface area contributed by atoms with Crippen LogP contribution in [0.3, 0.4) is 0 Å². The van der Waals surface area contributed by atoms with Gasteiger partial charge in [-0.2, -0.15) is 0 Å². The van der Waals surface area contributed by atoms with Crippen LogP contribution in [0.25, 0.3) is 0 Å². The Morgan fingerprint density at radius 1 is 1.17 bits per heavy atom. The summed E-state index contributed by atoms with van der Waals surface area (Å²) in [6.45, 7) is 4.08. The van der Waals surface area contributed by atoms with E-state index in [0.29, 0.717) is 23.8 Å². The van der Waals surface area contributed by atoms with Gasteiger partial charge in [-0.05, 0) is 44.9 Å². The molecule has 1 aliphatic heterocycles. The van der Waals surface area contributed by atoms with Gasteiger partial charge in [0.1, 0.15) is 5.82 Å². The average Bonchev–Trinajstić information content (AvgIpc) is 3.19. The molecule has 0 radical (unpaired) electrons. The van der Waals surface area contributed by atoms with Crippen LogP contribution in [0.15, 0.2) is 6.20 Å². The van der Waals surface area contributed by atoms with Crippen LogP contribution in [0.4, 0.5) is 0 Å². The van der Waals surface area contributed by atoms with Gasteiger partial charge in [0.25, 0.3) is 0 Å². The highest BCUT2D eigenvalue weighted by Gasteiger charge is 2.33. The molecule has 2 aliphatic carbocycles. The molecule has 0 aromatic carbocycles. The maximum atomic E-state index is 12.7. The molecular formula is C19H29N3O. The summed E-state index contributed by atoms with van der Waals surface area (Å²) in [5, 5.41) is 0. The molecule has 1 unspecified atom stereocenters. The van der Waals surface area contributed by atoms with Crippen molar-refractivity contribution < 1.29 is 4.79 Å². The Morgan fingerprint density at radius 2 is 1.96 bits per heavy atom. The first kappa shape index (κ1) is 15.2. The Kier molecular flexibility index (Phi) is 4.16. The number of aryl methyl sites for hydroxylation is 1. The lowest BCUT2D eigenvalue weighted by Gasteiger charge is -2.26. The van der Waals surface area contributed by atoms with Gasteiger partial charge in [0.15, 0.2) is 0 Å². The molecule has 1 atom stereocenters. The van der Waals surface area contributed by atoms with Gasteiger partial charge in [0.05, 0.1) is 0 Å². The Hall–Kier alpha value is -1.32. The van der Waals surface area contributed by atoms with Gasteiger partial charge in [0.2, 0.25) is 5.91 Å². The molecule has 2 heterocycles. The number of likely N-dealkylation sites (tertiary alicyclic amines) is 1. The lowest BCUT2D eigenvalue weighted by Crippen LogP contribution is -2.35. The molecule has 1 amide bonds. The quantitative estimate of drug-likeness (QED) is 0.853.